The Morgan fingerprint density at radius 1 is 1.40 bits per heavy atom. The summed E-state index contributed by atoms with van der Waals surface area (Å²) in [6, 6.07) is 0.478. The largest absolute Gasteiger partial charge is 0.392 e. The highest BCUT2D eigenvalue weighted by atomic mass is 16.3. The van der Waals surface area contributed by atoms with E-state index in [4.69, 9.17) is 0 Å². The van der Waals surface area contributed by atoms with E-state index in [0.29, 0.717) is 6.04 Å². The zero-order chi connectivity index (χ0) is 7.98. The topological polar surface area (TPSA) is 32.3 Å². The zero-order valence-electron chi connectivity index (χ0n) is 7.22. The molecule has 0 radical (unpaired) electrons. The lowest BCUT2D eigenvalue weighted by molar-refractivity contribution is 0.158. The van der Waals surface area contributed by atoms with E-state index in [1.165, 1.54) is 0 Å². The number of hydrogen-bond donors (Lipinski definition) is 2. The van der Waals surface area contributed by atoms with Gasteiger partial charge in [0.2, 0.25) is 0 Å². The summed E-state index contributed by atoms with van der Waals surface area (Å²) in [5.74, 6) is 0. The first-order valence-corrected chi connectivity index (χ1v) is 4.08. The average molecular weight is 145 g/mol. The zero-order valence-corrected chi connectivity index (χ0v) is 7.22. The van der Waals surface area contributed by atoms with Crippen LogP contribution in [-0.2, 0) is 0 Å². The van der Waals surface area contributed by atoms with Crippen LogP contribution in [0.5, 0.6) is 0 Å². The van der Waals surface area contributed by atoms with Gasteiger partial charge in [-0.15, -0.1) is 0 Å². The molecule has 2 N–H and O–H groups in total. The van der Waals surface area contributed by atoms with E-state index in [-0.39, 0.29) is 6.10 Å². The molecule has 62 valence electrons. The van der Waals surface area contributed by atoms with Crippen LogP contribution in [0.1, 0.15) is 33.6 Å². The minimum absolute atomic E-state index is 0.160. The van der Waals surface area contributed by atoms with E-state index >= 15 is 0 Å². The van der Waals surface area contributed by atoms with Gasteiger partial charge in [0.1, 0.15) is 0 Å². The monoisotopic (exact) mass is 145 g/mol. The van der Waals surface area contributed by atoms with Crippen LogP contribution in [0.2, 0.25) is 0 Å². The highest BCUT2D eigenvalue weighted by molar-refractivity contribution is 4.60. The molecule has 0 bridgehead atoms. The van der Waals surface area contributed by atoms with Crippen molar-refractivity contribution in [2.75, 3.05) is 6.54 Å². The molecular formula is C8H19NO. The van der Waals surface area contributed by atoms with E-state index in [0.717, 1.165) is 19.4 Å². The fraction of sp³-hybridized carbons (Fsp3) is 1.00. The van der Waals surface area contributed by atoms with Crippen LogP contribution < -0.4 is 5.32 Å². The lowest BCUT2D eigenvalue weighted by Crippen LogP contribution is -2.31. The number of nitrogens with one attached hydrogen (secondary N) is 1. The fourth-order valence-corrected chi connectivity index (χ4v) is 0.807. The molecule has 0 aliphatic rings. The van der Waals surface area contributed by atoms with Crippen molar-refractivity contribution in [3.8, 4) is 0 Å². The molecule has 0 rings (SSSR count). The molecule has 0 saturated heterocycles. The Kier molecular flexibility index (Phi) is 5.64. The molecule has 0 spiro atoms. The van der Waals surface area contributed by atoms with Gasteiger partial charge < -0.3 is 10.4 Å². The van der Waals surface area contributed by atoms with Crippen LogP contribution in [0, 0.1) is 0 Å². The van der Waals surface area contributed by atoms with Crippen LogP contribution >= 0.6 is 0 Å². The SMILES string of the molecule is CCCC(O)CNC(C)C. The Labute approximate surface area is 63.6 Å². The van der Waals surface area contributed by atoms with Crippen molar-refractivity contribution >= 4 is 0 Å². The maximum absolute atomic E-state index is 9.24. The fourth-order valence-electron chi connectivity index (χ4n) is 0.807. The molecule has 1 unspecified atom stereocenters. The number of hydrogen-bond acceptors (Lipinski definition) is 2. The standard InChI is InChI=1S/C8H19NO/c1-4-5-8(10)6-9-7(2)3/h7-10H,4-6H2,1-3H3. The van der Waals surface area contributed by atoms with Gasteiger partial charge >= 0.3 is 0 Å². The molecule has 2 heteroatoms. The second-order valence-corrected chi connectivity index (χ2v) is 3.01. The molecule has 0 aromatic rings. The third-order valence-electron chi connectivity index (χ3n) is 1.38. The molecule has 1 atom stereocenters. The Morgan fingerprint density at radius 3 is 2.40 bits per heavy atom. The predicted octanol–water partition coefficient (Wildman–Crippen LogP) is 1.15. The Morgan fingerprint density at radius 2 is 2.00 bits per heavy atom. The first-order valence-electron chi connectivity index (χ1n) is 4.08. The highest BCUT2D eigenvalue weighted by Crippen LogP contribution is 1.94. The second-order valence-electron chi connectivity index (χ2n) is 3.01. The van der Waals surface area contributed by atoms with Gasteiger partial charge in [-0.3, -0.25) is 0 Å². The summed E-state index contributed by atoms with van der Waals surface area (Å²) in [6.07, 6.45) is 1.80. The molecule has 0 aromatic heterocycles. The first-order chi connectivity index (χ1) is 4.66. The van der Waals surface area contributed by atoms with Gasteiger partial charge in [0.05, 0.1) is 6.10 Å². The molecule has 10 heavy (non-hydrogen) atoms. The van der Waals surface area contributed by atoms with Crippen molar-refractivity contribution in [2.24, 2.45) is 0 Å². The van der Waals surface area contributed by atoms with Gasteiger partial charge in [0, 0.05) is 12.6 Å². The number of aliphatic hydroxyl groups excluding tert-OH is 1. The molecule has 0 aromatic carbocycles. The third kappa shape index (κ3) is 6.05. The minimum atomic E-state index is -0.160. The average Bonchev–Trinajstić information content (AvgIpc) is 1.85. The summed E-state index contributed by atoms with van der Waals surface area (Å²) in [5.41, 5.74) is 0. The number of rotatable bonds is 5. The predicted molar refractivity (Wildman–Crippen MR) is 44.1 cm³/mol. The first kappa shape index (κ1) is 9.92. The molecule has 0 saturated carbocycles. The summed E-state index contributed by atoms with van der Waals surface area (Å²) < 4.78 is 0. The molecule has 0 fully saturated rings. The van der Waals surface area contributed by atoms with Crippen molar-refractivity contribution in [3.63, 3.8) is 0 Å². The van der Waals surface area contributed by atoms with Gasteiger partial charge in [0.25, 0.3) is 0 Å². The van der Waals surface area contributed by atoms with Crippen molar-refractivity contribution in [3.05, 3.63) is 0 Å². The lowest BCUT2D eigenvalue weighted by atomic mass is 10.2. The second kappa shape index (κ2) is 5.69. The number of aliphatic hydroxyl groups is 1. The summed E-state index contributed by atoms with van der Waals surface area (Å²) in [6.45, 7) is 6.97. The van der Waals surface area contributed by atoms with Gasteiger partial charge in [-0.2, -0.15) is 0 Å². The third-order valence-corrected chi connectivity index (χ3v) is 1.38. The molecular weight excluding hydrogens is 126 g/mol. The van der Waals surface area contributed by atoms with E-state index < -0.39 is 0 Å². The van der Waals surface area contributed by atoms with E-state index in [1.54, 1.807) is 0 Å². The summed E-state index contributed by atoms with van der Waals surface area (Å²) >= 11 is 0. The van der Waals surface area contributed by atoms with Gasteiger partial charge in [-0.25, -0.2) is 0 Å². The van der Waals surface area contributed by atoms with Crippen molar-refractivity contribution in [2.45, 2.75) is 45.8 Å². The van der Waals surface area contributed by atoms with E-state index in [2.05, 4.69) is 26.1 Å². The van der Waals surface area contributed by atoms with Gasteiger partial charge in [-0.05, 0) is 6.42 Å². The highest BCUT2D eigenvalue weighted by Gasteiger charge is 2.01. The molecule has 2 nitrogen and oxygen atoms in total. The minimum Gasteiger partial charge on any atom is -0.392 e. The summed E-state index contributed by atoms with van der Waals surface area (Å²) in [4.78, 5) is 0. The van der Waals surface area contributed by atoms with Crippen molar-refractivity contribution in [1.82, 2.24) is 5.32 Å². The van der Waals surface area contributed by atoms with Crippen molar-refractivity contribution < 1.29 is 5.11 Å². The Balaban J connectivity index is 3.12. The van der Waals surface area contributed by atoms with Gasteiger partial charge in [0.15, 0.2) is 0 Å². The molecule has 0 amide bonds. The smallest absolute Gasteiger partial charge is 0.0664 e. The summed E-state index contributed by atoms with van der Waals surface area (Å²) in [7, 11) is 0. The van der Waals surface area contributed by atoms with E-state index in [9.17, 15) is 5.11 Å². The Bertz CT molecular complexity index is 73.7. The maximum Gasteiger partial charge on any atom is 0.0664 e. The normalized spacial score (nSPS) is 14.1. The Hall–Kier alpha value is -0.0800. The quantitative estimate of drug-likeness (QED) is 0.608. The van der Waals surface area contributed by atoms with E-state index in [1.807, 2.05) is 0 Å². The molecule has 0 aliphatic carbocycles. The van der Waals surface area contributed by atoms with Crippen molar-refractivity contribution in [1.29, 1.82) is 0 Å². The molecule has 0 heterocycles. The van der Waals surface area contributed by atoms with Crippen LogP contribution in [-0.4, -0.2) is 23.8 Å². The van der Waals surface area contributed by atoms with Crippen LogP contribution in [0.4, 0.5) is 0 Å². The molecule has 0 aliphatic heterocycles. The van der Waals surface area contributed by atoms with Gasteiger partial charge in [-0.1, -0.05) is 27.2 Å². The lowest BCUT2D eigenvalue weighted by Gasteiger charge is -2.12. The van der Waals surface area contributed by atoms with Crippen LogP contribution in [0.3, 0.4) is 0 Å². The summed E-state index contributed by atoms with van der Waals surface area (Å²) in [5, 5.41) is 12.4. The van der Waals surface area contributed by atoms with Crippen LogP contribution in [0.15, 0.2) is 0 Å². The van der Waals surface area contributed by atoms with Crippen LogP contribution in [0.25, 0.3) is 0 Å². The maximum atomic E-state index is 9.24.